The summed E-state index contributed by atoms with van der Waals surface area (Å²) in [7, 11) is 3.90. The molecule has 0 aliphatic carbocycles. The molecule has 0 fully saturated rings. The zero-order valence-electron chi connectivity index (χ0n) is 15.2. The van der Waals surface area contributed by atoms with E-state index >= 15 is 0 Å². The van der Waals surface area contributed by atoms with Crippen molar-refractivity contribution < 1.29 is 14.7 Å². The van der Waals surface area contributed by atoms with E-state index < -0.39 is 5.97 Å². The molecule has 0 aromatic heterocycles. The molecule has 4 nitrogen and oxygen atoms in total. The van der Waals surface area contributed by atoms with Crippen molar-refractivity contribution >= 4 is 23.0 Å². The minimum Gasteiger partial charge on any atom is -0.478 e. The second kappa shape index (κ2) is 8.81. The van der Waals surface area contributed by atoms with Crippen LogP contribution in [0.15, 0.2) is 72.8 Å². The van der Waals surface area contributed by atoms with Crippen LogP contribution in [-0.2, 0) is 4.79 Å². The number of anilines is 1. The van der Waals surface area contributed by atoms with Crippen molar-refractivity contribution in [2.24, 2.45) is 5.92 Å². The Kier molecular flexibility index (Phi) is 6.50. The van der Waals surface area contributed by atoms with E-state index in [1.807, 2.05) is 80.5 Å². The summed E-state index contributed by atoms with van der Waals surface area (Å²) in [5, 5.41) is 8.92. The molecule has 0 radical (unpaired) electrons. The number of carbonyl (C=O) groups excluding carboxylic acids is 1. The van der Waals surface area contributed by atoms with E-state index in [1.165, 1.54) is 6.08 Å². The number of ketones is 1. The van der Waals surface area contributed by atoms with Gasteiger partial charge in [-0.15, -0.1) is 0 Å². The summed E-state index contributed by atoms with van der Waals surface area (Å²) < 4.78 is 0. The molecule has 1 atom stereocenters. The molecule has 4 heteroatoms. The molecular weight excluding hydrogens is 326 g/mol. The molecule has 1 N–H and O–H groups in total. The molecule has 2 rings (SSSR count). The Morgan fingerprint density at radius 3 is 2.08 bits per heavy atom. The maximum atomic E-state index is 12.7. The lowest BCUT2D eigenvalue weighted by Crippen LogP contribution is -2.11. The zero-order chi connectivity index (χ0) is 19.1. The van der Waals surface area contributed by atoms with Crippen molar-refractivity contribution in [3.63, 3.8) is 0 Å². The molecule has 134 valence electrons. The fourth-order valence-electron chi connectivity index (χ4n) is 2.57. The van der Waals surface area contributed by atoms with Gasteiger partial charge in [-0.1, -0.05) is 43.3 Å². The van der Waals surface area contributed by atoms with Crippen molar-refractivity contribution in [3.05, 3.63) is 84.0 Å². The maximum absolute atomic E-state index is 12.7. The average Bonchev–Trinajstić information content (AvgIpc) is 2.65. The van der Waals surface area contributed by atoms with Gasteiger partial charge < -0.3 is 10.0 Å². The summed E-state index contributed by atoms with van der Waals surface area (Å²) in [6.45, 7) is 1.82. The fourth-order valence-corrected chi connectivity index (χ4v) is 2.57. The van der Waals surface area contributed by atoms with Crippen molar-refractivity contribution in [2.75, 3.05) is 19.0 Å². The van der Waals surface area contributed by atoms with Crippen LogP contribution >= 0.6 is 0 Å². The van der Waals surface area contributed by atoms with Gasteiger partial charge in [-0.05, 0) is 41.5 Å². The Hall–Kier alpha value is -3.14. The number of rotatable bonds is 7. The second-order valence-corrected chi connectivity index (χ2v) is 6.25. The quantitative estimate of drug-likeness (QED) is 0.460. The van der Waals surface area contributed by atoms with E-state index in [0.717, 1.165) is 17.3 Å². The van der Waals surface area contributed by atoms with Gasteiger partial charge in [0.25, 0.3) is 0 Å². The Balaban J connectivity index is 2.29. The van der Waals surface area contributed by atoms with Crippen molar-refractivity contribution in [1.29, 1.82) is 0 Å². The lowest BCUT2D eigenvalue weighted by Gasteiger charge is -2.13. The lowest BCUT2D eigenvalue weighted by atomic mass is 9.94. The first kappa shape index (κ1) is 19.2. The van der Waals surface area contributed by atoms with E-state index in [-0.39, 0.29) is 11.7 Å². The number of carboxylic acid groups (broad SMARTS) is 1. The van der Waals surface area contributed by atoms with Gasteiger partial charge in [-0.3, -0.25) is 4.79 Å². The highest BCUT2D eigenvalue weighted by atomic mass is 16.4. The monoisotopic (exact) mass is 349 g/mol. The van der Waals surface area contributed by atoms with Gasteiger partial charge >= 0.3 is 5.97 Å². The van der Waals surface area contributed by atoms with Gasteiger partial charge in [0.05, 0.1) is 0 Å². The topological polar surface area (TPSA) is 57.6 Å². The van der Waals surface area contributed by atoms with Crippen LogP contribution in [0, 0.1) is 5.92 Å². The fraction of sp³-hybridized carbons (Fsp3) is 0.182. The molecule has 26 heavy (non-hydrogen) atoms. The number of carbonyl (C=O) groups is 2. The highest BCUT2D eigenvalue weighted by Crippen LogP contribution is 2.21. The summed E-state index contributed by atoms with van der Waals surface area (Å²) in [6, 6.07) is 16.9. The molecule has 2 aromatic rings. The molecule has 0 heterocycles. The number of nitrogens with zero attached hydrogens (tertiary/aromatic N) is 1. The van der Waals surface area contributed by atoms with Gasteiger partial charge in [0, 0.05) is 37.3 Å². The third kappa shape index (κ3) is 5.18. The summed E-state index contributed by atoms with van der Waals surface area (Å²) >= 11 is 0. The summed E-state index contributed by atoms with van der Waals surface area (Å²) in [4.78, 5) is 25.6. The van der Waals surface area contributed by atoms with Crippen molar-refractivity contribution in [3.8, 4) is 0 Å². The number of hydrogen-bond donors (Lipinski definition) is 1. The molecule has 0 unspecified atom stereocenters. The van der Waals surface area contributed by atoms with Crippen molar-refractivity contribution in [1.82, 2.24) is 0 Å². The first-order valence-electron chi connectivity index (χ1n) is 8.38. The standard InChI is InChI=1S/C22H23NO3/c1-16(22(26)18-9-12-20(13-10-18)23(2)3)15-19(11-14-21(24)25)17-7-5-4-6-8-17/h4-16H,1-3H3,(H,24,25)/b14-11+,19-15-/t16-/m0/s1. The normalized spacial score (nSPS) is 12.8. The van der Waals surface area contributed by atoms with Crippen LogP contribution in [0.2, 0.25) is 0 Å². The number of carboxylic acids is 1. The first-order chi connectivity index (χ1) is 12.4. The number of allylic oxidation sites excluding steroid dienone is 3. The Morgan fingerprint density at radius 2 is 1.54 bits per heavy atom. The summed E-state index contributed by atoms with van der Waals surface area (Å²) in [6.07, 6.45) is 4.41. The van der Waals surface area contributed by atoms with Crippen molar-refractivity contribution in [2.45, 2.75) is 6.92 Å². The average molecular weight is 349 g/mol. The third-order valence-electron chi connectivity index (χ3n) is 4.02. The van der Waals surface area contributed by atoms with Crippen LogP contribution in [0.5, 0.6) is 0 Å². The number of Topliss-reactive ketones (excluding diaryl/α,β-unsaturated/α-hetero) is 1. The van der Waals surface area contributed by atoms with E-state index in [9.17, 15) is 9.59 Å². The Morgan fingerprint density at radius 1 is 0.923 bits per heavy atom. The van der Waals surface area contributed by atoms with Crippen LogP contribution in [0.1, 0.15) is 22.8 Å². The molecule has 0 bridgehead atoms. The zero-order valence-corrected chi connectivity index (χ0v) is 15.2. The lowest BCUT2D eigenvalue weighted by molar-refractivity contribution is -0.131. The van der Waals surface area contributed by atoms with Gasteiger partial charge in [0.2, 0.25) is 0 Å². The first-order valence-corrected chi connectivity index (χ1v) is 8.38. The Labute approximate surface area is 154 Å². The molecular formula is C22H23NO3. The number of aliphatic carboxylic acids is 1. The largest absolute Gasteiger partial charge is 0.478 e. The minimum atomic E-state index is -1.02. The third-order valence-corrected chi connectivity index (χ3v) is 4.02. The van der Waals surface area contributed by atoms with E-state index in [0.29, 0.717) is 11.1 Å². The van der Waals surface area contributed by atoms with Gasteiger partial charge in [0.1, 0.15) is 0 Å². The SMILES string of the molecule is C[C@@H](/C=C(/C=C/C(=O)O)c1ccccc1)C(=O)c1ccc(N(C)C)cc1. The minimum absolute atomic E-state index is 0.00698. The maximum Gasteiger partial charge on any atom is 0.328 e. The van der Waals surface area contributed by atoms with Gasteiger partial charge in [0.15, 0.2) is 5.78 Å². The number of hydrogen-bond acceptors (Lipinski definition) is 3. The van der Waals surface area contributed by atoms with Crippen LogP contribution in [0.25, 0.3) is 5.57 Å². The predicted octanol–water partition coefficient (Wildman–Crippen LogP) is 4.30. The molecule has 0 aliphatic rings. The van der Waals surface area contributed by atoms with Gasteiger partial charge in [-0.2, -0.15) is 0 Å². The smallest absolute Gasteiger partial charge is 0.328 e. The van der Waals surface area contributed by atoms with E-state index in [4.69, 9.17) is 5.11 Å². The highest BCUT2D eigenvalue weighted by molar-refractivity contribution is 6.00. The highest BCUT2D eigenvalue weighted by Gasteiger charge is 2.14. The Bertz CT molecular complexity index is 818. The summed E-state index contributed by atoms with van der Waals surface area (Å²) in [5.74, 6) is -1.41. The van der Waals surface area contributed by atoms with Gasteiger partial charge in [-0.25, -0.2) is 4.79 Å². The predicted molar refractivity (Wildman–Crippen MR) is 105 cm³/mol. The molecule has 0 saturated heterocycles. The van der Waals surface area contributed by atoms with Crippen LogP contribution < -0.4 is 4.90 Å². The summed E-state index contributed by atoms with van der Waals surface area (Å²) in [5.41, 5.74) is 3.24. The molecule has 2 aromatic carbocycles. The number of benzene rings is 2. The van der Waals surface area contributed by atoms with Crippen LogP contribution in [0.4, 0.5) is 5.69 Å². The van der Waals surface area contributed by atoms with E-state index in [2.05, 4.69) is 0 Å². The van der Waals surface area contributed by atoms with Crippen LogP contribution in [0.3, 0.4) is 0 Å². The molecule has 0 spiro atoms. The molecule has 0 amide bonds. The molecule has 0 aliphatic heterocycles. The van der Waals surface area contributed by atoms with E-state index in [1.54, 1.807) is 6.08 Å². The molecule has 0 saturated carbocycles. The van der Waals surface area contributed by atoms with Crippen LogP contribution in [-0.4, -0.2) is 31.0 Å². The second-order valence-electron chi connectivity index (χ2n) is 6.25.